The summed E-state index contributed by atoms with van der Waals surface area (Å²) >= 11 is 1.58. The first-order valence-corrected chi connectivity index (χ1v) is 9.65. The van der Waals surface area contributed by atoms with Crippen molar-refractivity contribution in [2.24, 2.45) is 0 Å². The zero-order valence-corrected chi connectivity index (χ0v) is 14.2. The van der Waals surface area contributed by atoms with E-state index in [0.717, 1.165) is 11.1 Å². The zero-order valence-electron chi connectivity index (χ0n) is 12.6. The molecular formula is C15H13N3O4S2. The van der Waals surface area contributed by atoms with Gasteiger partial charge in [0, 0.05) is 16.7 Å². The highest BCUT2D eigenvalue weighted by Gasteiger charge is 2.13. The molecule has 9 heteroatoms. The third-order valence-corrected chi connectivity index (χ3v) is 5.14. The molecule has 24 heavy (non-hydrogen) atoms. The zero-order chi connectivity index (χ0) is 17.2. The van der Waals surface area contributed by atoms with Gasteiger partial charge in [-0.1, -0.05) is 11.2 Å². The number of carbonyl (C=O) groups excluding carboxylic acids is 1. The van der Waals surface area contributed by atoms with E-state index in [9.17, 15) is 13.2 Å². The Hall–Kier alpha value is -2.52. The molecule has 0 aliphatic heterocycles. The summed E-state index contributed by atoms with van der Waals surface area (Å²) in [6.45, 7) is 0. The minimum absolute atomic E-state index is 0.00116. The Labute approximate surface area is 142 Å². The summed E-state index contributed by atoms with van der Waals surface area (Å²) in [5, 5.41) is 12.1. The monoisotopic (exact) mass is 363 g/mol. The summed E-state index contributed by atoms with van der Waals surface area (Å²) < 4.78 is 28.2. The second-order valence-corrected chi connectivity index (χ2v) is 8.06. The number of rotatable bonds is 5. The maximum absolute atomic E-state index is 12.1. The Morgan fingerprint density at radius 2 is 1.96 bits per heavy atom. The van der Waals surface area contributed by atoms with Crippen LogP contribution < -0.4 is 5.32 Å². The van der Waals surface area contributed by atoms with Crippen molar-refractivity contribution in [1.82, 2.24) is 10.2 Å². The summed E-state index contributed by atoms with van der Waals surface area (Å²) in [4.78, 5) is 13.3. The lowest BCUT2D eigenvalue weighted by Gasteiger charge is -2.02. The third-order valence-electron chi connectivity index (χ3n) is 3.14. The highest BCUT2D eigenvalue weighted by atomic mass is 32.2. The number of thiophene rings is 1. The lowest BCUT2D eigenvalue weighted by molar-refractivity contribution is 0.102. The molecule has 2 heterocycles. The van der Waals surface area contributed by atoms with Crippen LogP contribution >= 0.6 is 11.3 Å². The maximum Gasteiger partial charge on any atom is 0.322 e. The largest absolute Gasteiger partial charge is 0.407 e. The standard InChI is InChI=1S/C15H13N3O4S2/c1-24(20,21)12-6-4-10(5-7-12)14(19)16-15-18-17-13(22-15)9-11-3-2-8-23-11/h2-8H,9H2,1H3,(H,16,18,19). The molecule has 124 valence electrons. The van der Waals surface area contributed by atoms with Crippen LogP contribution in [-0.4, -0.2) is 30.8 Å². The number of hydrogen-bond donors (Lipinski definition) is 1. The predicted molar refractivity (Wildman–Crippen MR) is 88.9 cm³/mol. The van der Waals surface area contributed by atoms with Crippen LogP contribution in [0.3, 0.4) is 0 Å². The van der Waals surface area contributed by atoms with Gasteiger partial charge in [-0.15, -0.1) is 16.4 Å². The topological polar surface area (TPSA) is 102 Å². The van der Waals surface area contributed by atoms with Gasteiger partial charge in [0.15, 0.2) is 9.84 Å². The summed E-state index contributed by atoms with van der Waals surface area (Å²) in [5.41, 5.74) is 0.292. The van der Waals surface area contributed by atoms with E-state index >= 15 is 0 Å². The summed E-state index contributed by atoms with van der Waals surface area (Å²) in [6.07, 6.45) is 1.61. The summed E-state index contributed by atoms with van der Waals surface area (Å²) in [5.74, 6) is -0.0541. The molecule has 0 bridgehead atoms. The molecule has 2 aromatic heterocycles. The van der Waals surface area contributed by atoms with Gasteiger partial charge in [0.2, 0.25) is 5.89 Å². The van der Waals surface area contributed by atoms with Crippen molar-refractivity contribution in [3.8, 4) is 0 Å². The van der Waals surface area contributed by atoms with Gasteiger partial charge in [-0.2, -0.15) is 0 Å². The molecule has 0 unspecified atom stereocenters. The van der Waals surface area contributed by atoms with Crippen LogP contribution in [0.4, 0.5) is 6.01 Å². The first-order chi connectivity index (χ1) is 11.4. The van der Waals surface area contributed by atoms with Crippen LogP contribution in [0.1, 0.15) is 21.1 Å². The van der Waals surface area contributed by atoms with Crippen LogP contribution in [0.25, 0.3) is 0 Å². The molecule has 1 N–H and O–H groups in total. The van der Waals surface area contributed by atoms with Crippen molar-refractivity contribution in [2.75, 3.05) is 11.6 Å². The molecular weight excluding hydrogens is 350 g/mol. The fourth-order valence-electron chi connectivity index (χ4n) is 1.96. The van der Waals surface area contributed by atoms with Gasteiger partial charge in [-0.3, -0.25) is 10.1 Å². The highest BCUT2D eigenvalue weighted by Crippen LogP contribution is 2.16. The Morgan fingerprint density at radius 1 is 1.21 bits per heavy atom. The van der Waals surface area contributed by atoms with E-state index in [1.54, 1.807) is 11.3 Å². The van der Waals surface area contributed by atoms with Crippen molar-refractivity contribution in [3.05, 3.63) is 58.1 Å². The fourth-order valence-corrected chi connectivity index (χ4v) is 3.29. The normalized spacial score (nSPS) is 11.4. The number of nitrogens with one attached hydrogen (secondary N) is 1. The van der Waals surface area contributed by atoms with E-state index in [4.69, 9.17) is 4.42 Å². The number of hydrogen-bond acceptors (Lipinski definition) is 7. The number of benzene rings is 1. The van der Waals surface area contributed by atoms with Crippen molar-refractivity contribution in [2.45, 2.75) is 11.3 Å². The Balaban J connectivity index is 1.67. The Morgan fingerprint density at radius 3 is 2.58 bits per heavy atom. The molecule has 0 saturated carbocycles. The maximum atomic E-state index is 12.1. The molecule has 3 rings (SSSR count). The van der Waals surface area contributed by atoms with E-state index in [2.05, 4.69) is 15.5 Å². The van der Waals surface area contributed by atoms with Gasteiger partial charge >= 0.3 is 6.01 Å². The van der Waals surface area contributed by atoms with Gasteiger partial charge in [0.05, 0.1) is 11.3 Å². The Bertz CT molecular complexity index is 945. The molecule has 1 aromatic carbocycles. The van der Waals surface area contributed by atoms with Gasteiger partial charge < -0.3 is 4.42 Å². The smallest absolute Gasteiger partial charge is 0.322 e. The lowest BCUT2D eigenvalue weighted by atomic mass is 10.2. The molecule has 3 aromatic rings. The first-order valence-electron chi connectivity index (χ1n) is 6.88. The predicted octanol–water partition coefficient (Wildman–Crippen LogP) is 2.38. The minimum Gasteiger partial charge on any atom is -0.407 e. The third kappa shape index (κ3) is 3.87. The number of nitrogens with zero attached hydrogens (tertiary/aromatic N) is 2. The van der Waals surface area contributed by atoms with Gasteiger partial charge in [-0.25, -0.2) is 8.42 Å². The number of sulfone groups is 1. The summed E-state index contributed by atoms with van der Waals surface area (Å²) in [7, 11) is -3.30. The average Bonchev–Trinajstić information content (AvgIpc) is 3.19. The van der Waals surface area contributed by atoms with Crippen LogP contribution in [-0.2, 0) is 16.3 Å². The van der Waals surface area contributed by atoms with E-state index in [0.29, 0.717) is 17.9 Å². The van der Waals surface area contributed by atoms with E-state index < -0.39 is 15.7 Å². The van der Waals surface area contributed by atoms with Crippen molar-refractivity contribution >= 4 is 33.1 Å². The SMILES string of the molecule is CS(=O)(=O)c1ccc(C(=O)Nc2nnc(Cc3cccs3)o2)cc1. The fraction of sp³-hybridized carbons (Fsp3) is 0.133. The molecule has 0 spiro atoms. The summed E-state index contributed by atoms with van der Waals surface area (Å²) in [6, 6.07) is 9.48. The molecule has 7 nitrogen and oxygen atoms in total. The second kappa shape index (κ2) is 6.54. The first kappa shape index (κ1) is 16.3. The van der Waals surface area contributed by atoms with Crippen LogP contribution in [0.15, 0.2) is 51.1 Å². The molecule has 0 radical (unpaired) electrons. The second-order valence-electron chi connectivity index (χ2n) is 5.01. The molecule has 0 atom stereocenters. The van der Waals surface area contributed by atoms with Crippen molar-refractivity contribution in [3.63, 3.8) is 0 Å². The van der Waals surface area contributed by atoms with Crippen LogP contribution in [0, 0.1) is 0 Å². The number of aromatic nitrogens is 2. The van der Waals surface area contributed by atoms with E-state index in [1.807, 2.05) is 17.5 Å². The van der Waals surface area contributed by atoms with Crippen LogP contribution in [0.2, 0.25) is 0 Å². The molecule has 0 aliphatic carbocycles. The molecule has 0 saturated heterocycles. The van der Waals surface area contributed by atoms with Gasteiger partial charge in [-0.05, 0) is 35.7 Å². The highest BCUT2D eigenvalue weighted by molar-refractivity contribution is 7.90. The van der Waals surface area contributed by atoms with Crippen LogP contribution in [0.5, 0.6) is 0 Å². The van der Waals surface area contributed by atoms with E-state index in [-0.39, 0.29) is 10.9 Å². The molecule has 1 amide bonds. The minimum atomic E-state index is -3.30. The molecule has 0 fully saturated rings. The number of anilines is 1. The number of carbonyl (C=O) groups is 1. The number of amides is 1. The Kier molecular flexibility index (Phi) is 4.45. The van der Waals surface area contributed by atoms with Crippen molar-refractivity contribution < 1.29 is 17.6 Å². The van der Waals surface area contributed by atoms with Crippen molar-refractivity contribution in [1.29, 1.82) is 0 Å². The van der Waals surface area contributed by atoms with Gasteiger partial charge in [0.25, 0.3) is 5.91 Å². The van der Waals surface area contributed by atoms with E-state index in [1.165, 1.54) is 24.3 Å². The lowest BCUT2D eigenvalue weighted by Crippen LogP contribution is -2.12. The molecule has 0 aliphatic rings. The quantitative estimate of drug-likeness (QED) is 0.747. The average molecular weight is 363 g/mol. The van der Waals surface area contributed by atoms with Gasteiger partial charge in [0.1, 0.15) is 0 Å².